The molecular formula is C23H19F4NO3S2. The van der Waals surface area contributed by atoms with Gasteiger partial charge in [-0.05, 0) is 54.3 Å². The predicted octanol–water partition coefficient (Wildman–Crippen LogP) is 6.36. The molecule has 2 aromatic carbocycles. The lowest BCUT2D eigenvalue weighted by molar-refractivity contribution is -0.138. The van der Waals surface area contributed by atoms with Crippen LogP contribution in [0.15, 0.2) is 47.4 Å². The number of hydrogen-bond donors (Lipinski definition) is 1. The zero-order chi connectivity index (χ0) is 24.2. The quantitative estimate of drug-likeness (QED) is 0.199. The van der Waals surface area contributed by atoms with Crippen molar-refractivity contribution in [2.75, 3.05) is 6.54 Å². The summed E-state index contributed by atoms with van der Waals surface area (Å²) in [6.45, 7) is 0.372. The molecule has 1 aliphatic rings. The van der Waals surface area contributed by atoms with Crippen LogP contribution in [0, 0.1) is 5.82 Å². The first-order valence-corrected chi connectivity index (χ1v) is 11.2. The van der Waals surface area contributed by atoms with Gasteiger partial charge in [-0.1, -0.05) is 48.6 Å². The molecule has 0 bridgehead atoms. The summed E-state index contributed by atoms with van der Waals surface area (Å²) in [6.07, 6.45) is -1.19. The van der Waals surface area contributed by atoms with Gasteiger partial charge in [-0.2, -0.15) is 13.2 Å². The number of unbranched alkanes of at least 4 members (excludes halogenated alkanes) is 2. The molecule has 0 spiro atoms. The number of alkyl halides is 3. The fourth-order valence-electron chi connectivity index (χ4n) is 3.29. The summed E-state index contributed by atoms with van der Waals surface area (Å²) in [7, 11) is 0. The van der Waals surface area contributed by atoms with E-state index >= 15 is 0 Å². The molecule has 10 heteroatoms. The Labute approximate surface area is 197 Å². The third kappa shape index (κ3) is 6.42. The Kier molecular flexibility index (Phi) is 7.91. The lowest BCUT2D eigenvalue weighted by Crippen LogP contribution is -2.29. The highest BCUT2D eigenvalue weighted by Gasteiger charge is 2.32. The Bertz CT molecular complexity index is 1120. The highest BCUT2D eigenvalue weighted by Crippen LogP contribution is 2.35. The highest BCUT2D eigenvalue weighted by atomic mass is 32.2. The van der Waals surface area contributed by atoms with Crippen molar-refractivity contribution in [2.45, 2.75) is 31.9 Å². The third-order valence-corrected chi connectivity index (χ3v) is 6.31. The minimum atomic E-state index is -4.60. The molecule has 0 saturated carbocycles. The number of thiocarbonyl (C=S) groups is 1. The molecule has 174 valence electrons. The molecule has 3 rings (SSSR count). The van der Waals surface area contributed by atoms with Gasteiger partial charge in [0.2, 0.25) is 0 Å². The number of carbonyl (C=O) groups excluding carboxylic acids is 1. The van der Waals surface area contributed by atoms with E-state index in [0.717, 1.165) is 23.9 Å². The molecule has 0 aromatic heterocycles. The first-order chi connectivity index (χ1) is 15.6. The molecule has 0 unspecified atom stereocenters. The number of hydrogen-bond acceptors (Lipinski definition) is 4. The molecule has 1 aliphatic heterocycles. The number of carboxylic acid groups (broad SMARTS) is 1. The smallest absolute Gasteiger partial charge is 0.416 e. The monoisotopic (exact) mass is 497 g/mol. The van der Waals surface area contributed by atoms with Crippen LogP contribution in [-0.4, -0.2) is 32.7 Å². The van der Waals surface area contributed by atoms with Crippen LogP contribution in [-0.2, 0) is 15.8 Å². The average Bonchev–Trinajstić information content (AvgIpc) is 3.00. The van der Waals surface area contributed by atoms with E-state index < -0.39 is 23.5 Å². The van der Waals surface area contributed by atoms with E-state index in [0.29, 0.717) is 46.7 Å². The fraction of sp³-hybridized carbons (Fsp3) is 0.261. The van der Waals surface area contributed by atoms with Crippen LogP contribution in [0.25, 0.3) is 17.2 Å². The van der Waals surface area contributed by atoms with Gasteiger partial charge in [0.15, 0.2) is 0 Å². The molecule has 1 N–H and O–H groups in total. The second kappa shape index (κ2) is 10.5. The summed E-state index contributed by atoms with van der Waals surface area (Å²) in [5.74, 6) is -1.94. The van der Waals surface area contributed by atoms with Crippen LogP contribution in [0.2, 0.25) is 0 Å². The van der Waals surface area contributed by atoms with Crippen molar-refractivity contribution in [1.82, 2.24) is 4.90 Å². The van der Waals surface area contributed by atoms with Crippen LogP contribution in [0.4, 0.5) is 17.6 Å². The number of nitrogens with zero attached hydrogens (tertiary/aromatic N) is 1. The molecule has 0 radical (unpaired) electrons. The normalized spacial score (nSPS) is 15.5. The van der Waals surface area contributed by atoms with E-state index in [2.05, 4.69) is 0 Å². The standard InChI is InChI=1S/C23H19F4NO3S2/c24-18-9-8-16(23(25,26)27)13-17(18)15-6-4-5-14(11-15)12-19-21(31)28(22(32)33-19)10-3-1-2-7-20(29)30/h4-6,8-9,11-13H,1-3,7,10H2,(H,29,30)/b19-12-. The van der Waals surface area contributed by atoms with Gasteiger partial charge in [-0.25, -0.2) is 4.39 Å². The van der Waals surface area contributed by atoms with Crippen molar-refractivity contribution in [1.29, 1.82) is 0 Å². The lowest BCUT2D eigenvalue weighted by Gasteiger charge is -2.13. The fourth-order valence-corrected chi connectivity index (χ4v) is 4.59. The molecule has 1 fully saturated rings. The lowest BCUT2D eigenvalue weighted by atomic mass is 10.00. The van der Waals surface area contributed by atoms with Gasteiger partial charge in [0, 0.05) is 18.5 Å². The highest BCUT2D eigenvalue weighted by molar-refractivity contribution is 8.26. The Morgan fingerprint density at radius 1 is 1.12 bits per heavy atom. The summed E-state index contributed by atoms with van der Waals surface area (Å²) in [4.78, 5) is 25.1. The van der Waals surface area contributed by atoms with Gasteiger partial charge in [0.1, 0.15) is 10.1 Å². The summed E-state index contributed by atoms with van der Waals surface area (Å²) >= 11 is 6.38. The van der Waals surface area contributed by atoms with Gasteiger partial charge >= 0.3 is 12.1 Å². The summed E-state index contributed by atoms with van der Waals surface area (Å²) in [5, 5.41) is 8.67. The van der Waals surface area contributed by atoms with Gasteiger partial charge in [0.25, 0.3) is 5.91 Å². The first-order valence-electron chi connectivity index (χ1n) is 10.0. The van der Waals surface area contributed by atoms with Crippen LogP contribution >= 0.6 is 24.0 Å². The SMILES string of the molecule is O=C(O)CCCCCN1C(=O)/C(=C/c2cccc(-c3cc(C(F)(F)F)ccc3F)c2)SC1=S. The average molecular weight is 498 g/mol. The number of amides is 1. The van der Waals surface area contributed by atoms with E-state index in [9.17, 15) is 27.2 Å². The summed E-state index contributed by atoms with van der Waals surface area (Å²) < 4.78 is 53.7. The minimum Gasteiger partial charge on any atom is -0.481 e. The van der Waals surface area contributed by atoms with Crippen molar-refractivity contribution in [3.05, 3.63) is 64.3 Å². The summed E-state index contributed by atoms with van der Waals surface area (Å²) in [5.41, 5.74) is -0.366. The molecule has 2 aromatic rings. The van der Waals surface area contributed by atoms with Crippen molar-refractivity contribution in [3.8, 4) is 11.1 Å². The van der Waals surface area contributed by atoms with Gasteiger partial charge in [-0.3, -0.25) is 14.5 Å². The van der Waals surface area contributed by atoms with Crippen molar-refractivity contribution >= 4 is 46.3 Å². The number of halogens is 4. The minimum absolute atomic E-state index is 0.0705. The Morgan fingerprint density at radius 3 is 2.58 bits per heavy atom. The molecule has 0 aliphatic carbocycles. The van der Waals surface area contributed by atoms with E-state index in [-0.39, 0.29) is 23.5 Å². The van der Waals surface area contributed by atoms with Crippen molar-refractivity contribution in [3.63, 3.8) is 0 Å². The molecular weight excluding hydrogens is 478 g/mol. The topological polar surface area (TPSA) is 57.6 Å². The maximum atomic E-state index is 14.3. The largest absolute Gasteiger partial charge is 0.481 e. The second-order valence-corrected chi connectivity index (χ2v) is 9.03. The maximum absolute atomic E-state index is 14.3. The van der Waals surface area contributed by atoms with E-state index in [1.54, 1.807) is 18.2 Å². The van der Waals surface area contributed by atoms with Crippen LogP contribution in [0.3, 0.4) is 0 Å². The van der Waals surface area contributed by atoms with Crippen molar-refractivity contribution < 1.29 is 32.3 Å². The Morgan fingerprint density at radius 2 is 1.88 bits per heavy atom. The molecule has 0 atom stereocenters. The molecule has 4 nitrogen and oxygen atoms in total. The number of rotatable bonds is 8. The number of aliphatic carboxylic acids is 1. The van der Waals surface area contributed by atoms with E-state index in [4.69, 9.17) is 17.3 Å². The number of benzene rings is 2. The molecule has 33 heavy (non-hydrogen) atoms. The zero-order valence-electron chi connectivity index (χ0n) is 17.2. The number of carbonyl (C=O) groups is 2. The van der Waals surface area contributed by atoms with Gasteiger partial charge in [-0.15, -0.1) is 0 Å². The van der Waals surface area contributed by atoms with E-state index in [1.807, 2.05) is 0 Å². The molecule has 1 amide bonds. The Hall–Kier alpha value is -2.72. The Balaban J connectivity index is 1.76. The second-order valence-electron chi connectivity index (χ2n) is 7.36. The number of carboxylic acids is 1. The molecule has 1 saturated heterocycles. The maximum Gasteiger partial charge on any atom is 0.416 e. The van der Waals surface area contributed by atoms with E-state index in [1.165, 1.54) is 17.0 Å². The van der Waals surface area contributed by atoms with Gasteiger partial charge in [0.05, 0.1) is 10.5 Å². The summed E-state index contributed by atoms with van der Waals surface area (Å²) in [6, 6.07) is 8.48. The zero-order valence-corrected chi connectivity index (χ0v) is 18.8. The third-order valence-electron chi connectivity index (χ3n) is 4.94. The van der Waals surface area contributed by atoms with Crippen LogP contribution < -0.4 is 0 Å². The molecule has 1 heterocycles. The van der Waals surface area contributed by atoms with Crippen molar-refractivity contribution in [2.24, 2.45) is 0 Å². The predicted molar refractivity (Wildman–Crippen MR) is 123 cm³/mol. The number of thioether (sulfide) groups is 1. The first kappa shape index (κ1) is 24.9. The van der Waals surface area contributed by atoms with Crippen LogP contribution in [0.5, 0.6) is 0 Å². The van der Waals surface area contributed by atoms with Crippen LogP contribution in [0.1, 0.15) is 36.8 Å². The van der Waals surface area contributed by atoms with Gasteiger partial charge < -0.3 is 5.11 Å².